The molecular formula is C19H21F3N2O3. The van der Waals surface area contributed by atoms with Crippen LogP contribution in [0.4, 0.5) is 23.7 Å². The zero-order chi connectivity index (χ0) is 19.9. The highest BCUT2D eigenvalue weighted by atomic mass is 19.4. The van der Waals surface area contributed by atoms with Crippen LogP contribution in [0.25, 0.3) is 0 Å². The molecule has 0 saturated heterocycles. The molecule has 0 fully saturated rings. The molecule has 0 aliphatic carbocycles. The summed E-state index contributed by atoms with van der Waals surface area (Å²) >= 11 is 0. The number of amides is 2. The highest BCUT2D eigenvalue weighted by Gasteiger charge is 2.30. The number of carbonyl (C=O) groups is 1. The topological polar surface area (TPSA) is 70.6 Å². The Hall–Kier alpha value is -2.74. The lowest BCUT2D eigenvalue weighted by Crippen LogP contribution is -2.37. The minimum atomic E-state index is -4.47. The molecule has 0 aromatic heterocycles. The van der Waals surface area contributed by atoms with Crippen molar-refractivity contribution in [2.45, 2.75) is 25.6 Å². The number of nitrogens with one attached hydrogen (secondary N) is 2. The first kappa shape index (κ1) is 20.6. The number of hydrogen-bond acceptors (Lipinski definition) is 3. The number of alkyl halides is 3. The van der Waals surface area contributed by atoms with Crippen LogP contribution in [-0.2, 0) is 12.6 Å². The standard InChI is InChI=1S/C19H21F3N2O3/c1-2-13-6-3-4-9-17(13)24-18(26)23-11-15(25)12-27-16-8-5-7-14(10-16)19(20,21)22/h3-10,15,25H,2,11-12H2,1H3,(H2,23,24,26). The van der Waals surface area contributed by atoms with Gasteiger partial charge >= 0.3 is 12.2 Å². The van der Waals surface area contributed by atoms with Crippen molar-refractivity contribution in [3.8, 4) is 5.75 Å². The number of rotatable bonds is 7. The summed E-state index contributed by atoms with van der Waals surface area (Å²) in [5.74, 6) is -0.00907. The number of aliphatic hydroxyl groups excluding tert-OH is 1. The fourth-order valence-electron chi connectivity index (χ4n) is 2.34. The van der Waals surface area contributed by atoms with Crippen molar-refractivity contribution in [2.24, 2.45) is 0 Å². The van der Waals surface area contributed by atoms with Gasteiger partial charge in [-0.05, 0) is 36.2 Å². The number of aliphatic hydroxyl groups is 1. The van der Waals surface area contributed by atoms with Crippen molar-refractivity contribution in [2.75, 3.05) is 18.5 Å². The molecular weight excluding hydrogens is 361 g/mol. The number of ether oxygens (including phenoxy) is 1. The van der Waals surface area contributed by atoms with Gasteiger partial charge in [0.1, 0.15) is 18.5 Å². The average molecular weight is 382 g/mol. The van der Waals surface area contributed by atoms with E-state index in [2.05, 4.69) is 10.6 Å². The number of carbonyl (C=O) groups excluding carboxylic acids is 1. The second kappa shape index (κ2) is 9.27. The predicted octanol–water partition coefficient (Wildman–Crippen LogP) is 3.83. The van der Waals surface area contributed by atoms with E-state index < -0.39 is 23.9 Å². The molecule has 1 atom stereocenters. The quantitative estimate of drug-likeness (QED) is 0.682. The molecule has 0 heterocycles. The van der Waals surface area contributed by atoms with Gasteiger partial charge in [0.05, 0.1) is 5.56 Å². The van der Waals surface area contributed by atoms with Crippen LogP contribution in [0.15, 0.2) is 48.5 Å². The zero-order valence-corrected chi connectivity index (χ0v) is 14.7. The number of benzene rings is 2. The molecule has 0 aliphatic rings. The van der Waals surface area contributed by atoms with E-state index in [4.69, 9.17) is 4.74 Å². The van der Waals surface area contributed by atoms with E-state index in [1.807, 2.05) is 19.1 Å². The summed E-state index contributed by atoms with van der Waals surface area (Å²) in [6.07, 6.45) is -4.79. The number of para-hydroxylation sites is 1. The van der Waals surface area contributed by atoms with Crippen molar-refractivity contribution in [1.29, 1.82) is 0 Å². The lowest BCUT2D eigenvalue weighted by atomic mass is 10.1. The third kappa shape index (κ3) is 6.49. The third-order valence-electron chi connectivity index (χ3n) is 3.75. The van der Waals surface area contributed by atoms with Crippen molar-refractivity contribution >= 4 is 11.7 Å². The largest absolute Gasteiger partial charge is 0.491 e. The Morgan fingerprint density at radius 1 is 1.19 bits per heavy atom. The molecule has 1 unspecified atom stereocenters. The van der Waals surface area contributed by atoms with Crippen LogP contribution < -0.4 is 15.4 Å². The van der Waals surface area contributed by atoms with Crippen LogP contribution in [0.2, 0.25) is 0 Å². The molecule has 2 aromatic rings. The molecule has 2 amide bonds. The van der Waals surface area contributed by atoms with Gasteiger partial charge in [0.25, 0.3) is 0 Å². The Labute approximate surface area is 155 Å². The SMILES string of the molecule is CCc1ccccc1NC(=O)NCC(O)COc1cccc(C(F)(F)F)c1. The van der Waals surface area contributed by atoms with Crippen LogP contribution in [0, 0.1) is 0 Å². The first-order valence-electron chi connectivity index (χ1n) is 8.40. The Morgan fingerprint density at radius 3 is 2.63 bits per heavy atom. The van der Waals surface area contributed by atoms with E-state index in [0.29, 0.717) is 5.69 Å². The minimum absolute atomic E-state index is 0.00907. The molecule has 2 rings (SSSR count). The first-order valence-corrected chi connectivity index (χ1v) is 8.40. The Kier molecular flexibility index (Phi) is 7.06. The normalized spacial score (nSPS) is 12.3. The number of hydrogen-bond donors (Lipinski definition) is 3. The molecule has 8 heteroatoms. The van der Waals surface area contributed by atoms with Gasteiger partial charge in [-0.2, -0.15) is 13.2 Å². The second-order valence-electron chi connectivity index (χ2n) is 5.84. The van der Waals surface area contributed by atoms with Gasteiger partial charge in [-0.15, -0.1) is 0 Å². The van der Waals surface area contributed by atoms with E-state index in [0.717, 1.165) is 24.1 Å². The van der Waals surface area contributed by atoms with Gasteiger partial charge in [-0.1, -0.05) is 31.2 Å². The summed E-state index contributed by atoms with van der Waals surface area (Å²) in [4.78, 5) is 11.9. The first-order chi connectivity index (χ1) is 12.8. The molecule has 0 saturated carbocycles. The zero-order valence-electron chi connectivity index (χ0n) is 14.7. The summed E-state index contributed by atoms with van der Waals surface area (Å²) in [6, 6.07) is 11.2. The Balaban J connectivity index is 1.79. The van der Waals surface area contributed by atoms with Gasteiger partial charge in [0.2, 0.25) is 0 Å². The van der Waals surface area contributed by atoms with E-state index in [-0.39, 0.29) is 18.9 Å². The molecule has 0 aliphatic heterocycles. The summed E-state index contributed by atoms with van der Waals surface area (Å²) in [5, 5.41) is 15.0. The number of anilines is 1. The van der Waals surface area contributed by atoms with Crippen molar-refractivity contribution in [3.05, 3.63) is 59.7 Å². The molecule has 5 nitrogen and oxygen atoms in total. The number of aryl methyl sites for hydroxylation is 1. The summed E-state index contributed by atoms with van der Waals surface area (Å²) < 4.78 is 43.1. The number of urea groups is 1. The van der Waals surface area contributed by atoms with Crippen LogP contribution in [-0.4, -0.2) is 30.4 Å². The highest BCUT2D eigenvalue weighted by Crippen LogP contribution is 2.31. The molecule has 3 N–H and O–H groups in total. The van der Waals surface area contributed by atoms with E-state index >= 15 is 0 Å². The summed E-state index contributed by atoms with van der Waals surface area (Å²) in [6.45, 7) is 1.60. The van der Waals surface area contributed by atoms with Gasteiger partial charge in [0.15, 0.2) is 0 Å². The van der Waals surface area contributed by atoms with Crippen molar-refractivity contribution in [3.63, 3.8) is 0 Å². The van der Waals surface area contributed by atoms with Crippen LogP contribution in [0.1, 0.15) is 18.1 Å². The molecule has 0 spiro atoms. The van der Waals surface area contributed by atoms with Gasteiger partial charge < -0.3 is 20.5 Å². The monoisotopic (exact) mass is 382 g/mol. The van der Waals surface area contributed by atoms with Crippen molar-refractivity contribution in [1.82, 2.24) is 5.32 Å². The predicted molar refractivity (Wildman–Crippen MR) is 95.8 cm³/mol. The molecule has 0 bridgehead atoms. The molecule has 27 heavy (non-hydrogen) atoms. The second-order valence-corrected chi connectivity index (χ2v) is 5.84. The van der Waals surface area contributed by atoms with Gasteiger partial charge in [0, 0.05) is 12.2 Å². The summed E-state index contributed by atoms with van der Waals surface area (Å²) in [5.41, 5.74) is 0.815. The lowest BCUT2D eigenvalue weighted by molar-refractivity contribution is -0.137. The maximum atomic E-state index is 12.6. The van der Waals surface area contributed by atoms with Crippen LogP contribution >= 0.6 is 0 Å². The average Bonchev–Trinajstić information content (AvgIpc) is 2.64. The Bertz CT molecular complexity index is 766. The van der Waals surface area contributed by atoms with Crippen LogP contribution in [0.5, 0.6) is 5.75 Å². The van der Waals surface area contributed by atoms with Crippen LogP contribution in [0.3, 0.4) is 0 Å². The molecule has 146 valence electrons. The smallest absolute Gasteiger partial charge is 0.416 e. The molecule has 2 aromatic carbocycles. The lowest BCUT2D eigenvalue weighted by Gasteiger charge is -2.15. The van der Waals surface area contributed by atoms with E-state index in [1.165, 1.54) is 12.1 Å². The van der Waals surface area contributed by atoms with E-state index in [9.17, 15) is 23.1 Å². The third-order valence-corrected chi connectivity index (χ3v) is 3.75. The Morgan fingerprint density at radius 2 is 1.93 bits per heavy atom. The number of halogens is 3. The van der Waals surface area contributed by atoms with E-state index in [1.54, 1.807) is 12.1 Å². The summed E-state index contributed by atoms with van der Waals surface area (Å²) in [7, 11) is 0. The van der Waals surface area contributed by atoms with Crippen molar-refractivity contribution < 1.29 is 27.8 Å². The van der Waals surface area contributed by atoms with Gasteiger partial charge in [-0.25, -0.2) is 4.79 Å². The maximum Gasteiger partial charge on any atom is 0.416 e. The molecule has 0 radical (unpaired) electrons. The fourth-order valence-corrected chi connectivity index (χ4v) is 2.34. The maximum absolute atomic E-state index is 12.6. The minimum Gasteiger partial charge on any atom is -0.491 e. The highest BCUT2D eigenvalue weighted by molar-refractivity contribution is 5.90. The fraction of sp³-hybridized carbons (Fsp3) is 0.316. The van der Waals surface area contributed by atoms with Gasteiger partial charge in [-0.3, -0.25) is 0 Å².